The Morgan fingerprint density at radius 1 is 1.15 bits per heavy atom. The maximum atomic E-state index is 12.6. The van der Waals surface area contributed by atoms with Gasteiger partial charge in [-0.2, -0.15) is 0 Å². The van der Waals surface area contributed by atoms with Gasteiger partial charge >= 0.3 is 0 Å². The van der Waals surface area contributed by atoms with Gasteiger partial charge in [0.1, 0.15) is 0 Å². The van der Waals surface area contributed by atoms with Crippen molar-refractivity contribution in [3.63, 3.8) is 0 Å². The number of carbonyl (C=O) groups is 1. The van der Waals surface area contributed by atoms with Crippen LogP contribution < -0.4 is 19.7 Å². The molecule has 0 atom stereocenters. The van der Waals surface area contributed by atoms with Crippen LogP contribution in [0.2, 0.25) is 5.02 Å². The number of nitrogens with zero attached hydrogens (tertiary/aromatic N) is 1. The van der Waals surface area contributed by atoms with Crippen LogP contribution in [0.25, 0.3) is 0 Å². The Kier molecular flexibility index (Phi) is 6.11. The number of fused-ring (bicyclic) bond motifs is 1. The van der Waals surface area contributed by atoms with E-state index in [9.17, 15) is 4.79 Å². The molecule has 1 heterocycles. The molecule has 0 unspecified atom stereocenters. The van der Waals surface area contributed by atoms with Gasteiger partial charge in [-0.05, 0) is 32.4 Å². The SMILES string of the molecule is CCN(CC(=O)Nc1cc2c(cc1Cl)OCCCO2)c1ccc(C)cc1C. The first kappa shape index (κ1) is 19.4. The third-order valence-electron chi connectivity index (χ3n) is 4.52. The zero-order valence-electron chi connectivity index (χ0n) is 16.0. The Morgan fingerprint density at radius 2 is 1.85 bits per heavy atom. The number of hydrogen-bond donors (Lipinski definition) is 1. The number of benzene rings is 2. The van der Waals surface area contributed by atoms with Gasteiger partial charge in [-0.25, -0.2) is 0 Å². The fraction of sp³-hybridized carbons (Fsp3) is 0.381. The number of halogens is 1. The molecule has 5 nitrogen and oxygen atoms in total. The molecule has 0 fully saturated rings. The summed E-state index contributed by atoms with van der Waals surface area (Å²) in [6.07, 6.45) is 0.815. The van der Waals surface area contributed by atoms with E-state index in [1.165, 1.54) is 5.56 Å². The Bertz CT molecular complexity index is 838. The molecule has 3 rings (SSSR count). The number of hydrogen-bond acceptors (Lipinski definition) is 4. The van der Waals surface area contributed by atoms with E-state index in [0.29, 0.717) is 35.4 Å². The van der Waals surface area contributed by atoms with Gasteiger partial charge in [0.25, 0.3) is 0 Å². The molecule has 2 aromatic carbocycles. The van der Waals surface area contributed by atoms with Crippen molar-refractivity contribution < 1.29 is 14.3 Å². The highest BCUT2D eigenvalue weighted by Gasteiger charge is 2.17. The fourth-order valence-electron chi connectivity index (χ4n) is 3.17. The van der Waals surface area contributed by atoms with Crippen LogP contribution in [0.4, 0.5) is 11.4 Å². The van der Waals surface area contributed by atoms with E-state index in [1.54, 1.807) is 12.1 Å². The van der Waals surface area contributed by atoms with Crippen molar-refractivity contribution in [1.29, 1.82) is 0 Å². The highest BCUT2D eigenvalue weighted by molar-refractivity contribution is 6.34. The van der Waals surface area contributed by atoms with Crippen LogP contribution in [-0.2, 0) is 4.79 Å². The molecule has 0 bridgehead atoms. The van der Waals surface area contributed by atoms with E-state index < -0.39 is 0 Å². The molecule has 0 aliphatic carbocycles. The number of likely N-dealkylation sites (N-methyl/N-ethyl adjacent to an activating group) is 1. The van der Waals surface area contributed by atoms with Gasteiger partial charge in [0.2, 0.25) is 5.91 Å². The summed E-state index contributed by atoms with van der Waals surface area (Å²) in [4.78, 5) is 14.7. The van der Waals surface area contributed by atoms with Crippen molar-refractivity contribution in [1.82, 2.24) is 0 Å². The van der Waals surface area contributed by atoms with Crippen LogP contribution in [0.1, 0.15) is 24.5 Å². The van der Waals surface area contributed by atoms with E-state index in [2.05, 4.69) is 37.4 Å². The van der Waals surface area contributed by atoms with Crippen LogP contribution in [0.5, 0.6) is 11.5 Å². The van der Waals surface area contributed by atoms with E-state index in [1.807, 2.05) is 11.8 Å². The summed E-state index contributed by atoms with van der Waals surface area (Å²) >= 11 is 6.32. The summed E-state index contributed by atoms with van der Waals surface area (Å²) in [6.45, 7) is 8.30. The summed E-state index contributed by atoms with van der Waals surface area (Å²) in [6, 6.07) is 9.66. The van der Waals surface area contributed by atoms with Crippen molar-refractivity contribution in [2.24, 2.45) is 0 Å². The molecule has 0 saturated carbocycles. The molecular formula is C21H25ClN2O3. The summed E-state index contributed by atoms with van der Waals surface area (Å²) in [5.41, 5.74) is 3.94. The van der Waals surface area contributed by atoms with Gasteiger partial charge in [-0.15, -0.1) is 0 Å². The zero-order chi connectivity index (χ0) is 19.4. The van der Waals surface area contributed by atoms with Crippen molar-refractivity contribution >= 4 is 28.9 Å². The first-order valence-corrected chi connectivity index (χ1v) is 9.57. The molecule has 0 spiro atoms. The summed E-state index contributed by atoms with van der Waals surface area (Å²) < 4.78 is 11.3. The molecule has 144 valence electrons. The van der Waals surface area contributed by atoms with Gasteiger partial charge < -0.3 is 19.7 Å². The molecule has 2 aromatic rings. The van der Waals surface area contributed by atoms with Gasteiger partial charge in [0.15, 0.2) is 11.5 Å². The fourth-order valence-corrected chi connectivity index (χ4v) is 3.37. The van der Waals surface area contributed by atoms with Crippen LogP contribution >= 0.6 is 11.6 Å². The zero-order valence-corrected chi connectivity index (χ0v) is 16.7. The number of ether oxygens (including phenoxy) is 2. The van der Waals surface area contributed by atoms with Crippen LogP contribution in [-0.4, -0.2) is 32.2 Å². The minimum Gasteiger partial charge on any atom is -0.490 e. The number of carbonyl (C=O) groups excluding carboxylic acids is 1. The quantitative estimate of drug-likeness (QED) is 0.814. The molecular weight excluding hydrogens is 364 g/mol. The number of rotatable bonds is 5. The van der Waals surface area contributed by atoms with Gasteiger partial charge in [0, 0.05) is 30.8 Å². The van der Waals surface area contributed by atoms with Crippen LogP contribution in [0, 0.1) is 13.8 Å². The Balaban J connectivity index is 1.74. The second-order valence-corrected chi connectivity index (χ2v) is 7.09. The molecule has 0 radical (unpaired) electrons. The second-order valence-electron chi connectivity index (χ2n) is 6.68. The molecule has 6 heteroatoms. The first-order chi connectivity index (χ1) is 13.0. The maximum Gasteiger partial charge on any atom is 0.243 e. The highest BCUT2D eigenvalue weighted by Crippen LogP contribution is 2.37. The number of anilines is 2. The summed E-state index contributed by atoms with van der Waals surface area (Å²) in [7, 11) is 0. The number of nitrogens with one attached hydrogen (secondary N) is 1. The minimum atomic E-state index is -0.131. The summed E-state index contributed by atoms with van der Waals surface area (Å²) in [5.74, 6) is 1.09. The first-order valence-electron chi connectivity index (χ1n) is 9.19. The molecule has 0 aromatic heterocycles. The largest absolute Gasteiger partial charge is 0.490 e. The highest BCUT2D eigenvalue weighted by atomic mass is 35.5. The predicted octanol–water partition coefficient (Wildman–Crippen LogP) is 4.58. The standard InChI is InChI=1S/C21H25ClN2O3/c1-4-24(18-7-6-14(2)10-15(18)3)13-21(25)23-17-12-20-19(11-16(17)22)26-8-5-9-27-20/h6-7,10-12H,4-5,8-9,13H2,1-3H3,(H,23,25). The lowest BCUT2D eigenvalue weighted by Gasteiger charge is -2.25. The monoisotopic (exact) mass is 388 g/mol. The van der Waals surface area contributed by atoms with Crippen molar-refractivity contribution in [2.45, 2.75) is 27.2 Å². The third kappa shape index (κ3) is 4.66. The molecule has 1 amide bonds. The Hall–Kier alpha value is -2.40. The second kappa shape index (κ2) is 8.53. The topological polar surface area (TPSA) is 50.8 Å². The predicted molar refractivity (Wildman–Crippen MR) is 109 cm³/mol. The molecule has 27 heavy (non-hydrogen) atoms. The van der Waals surface area contributed by atoms with E-state index in [4.69, 9.17) is 21.1 Å². The lowest BCUT2D eigenvalue weighted by molar-refractivity contribution is -0.115. The molecule has 0 saturated heterocycles. The van der Waals surface area contributed by atoms with Gasteiger partial charge in [-0.1, -0.05) is 29.3 Å². The summed E-state index contributed by atoms with van der Waals surface area (Å²) in [5, 5.41) is 3.33. The van der Waals surface area contributed by atoms with Crippen molar-refractivity contribution in [2.75, 3.05) is 36.5 Å². The normalized spacial score (nSPS) is 13.0. The Labute approximate surface area is 165 Å². The van der Waals surface area contributed by atoms with Gasteiger partial charge in [0.05, 0.1) is 30.5 Å². The van der Waals surface area contributed by atoms with E-state index in [0.717, 1.165) is 24.2 Å². The smallest absolute Gasteiger partial charge is 0.243 e. The average molecular weight is 389 g/mol. The third-order valence-corrected chi connectivity index (χ3v) is 4.83. The van der Waals surface area contributed by atoms with Crippen LogP contribution in [0.3, 0.4) is 0 Å². The lowest BCUT2D eigenvalue weighted by Crippen LogP contribution is -2.33. The van der Waals surface area contributed by atoms with E-state index in [-0.39, 0.29) is 12.5 Å². The molecule has 1 N–H and O–H groups in total. The Morgan fingerprint density at radius 3 is 2.52 bits per heavy atom. The van der Waals surface area contributed by atoms with Crippen molar-refractivity contribution in [3.05, 3.63) is 46.5 Å². The number of amides is 1. The van der Waals surface area contributed by atoms with Crippen molar-refractivity contribution in [3.8, 4) is 11.5 Å². The lowest BCUT2D eigenvalue weighted by atomic mass is 10.1. The average Bonchev–Trinajstić information content (AvgIpc) is 2.85. The van der Waals surface area contributed by atoms with E-state index >= 15 is 0 Å². The van der Waals surface area contributed by atoms with Crippen LogP contribution in [0.15, 0.2) is 30.3 Å². The minimum absolute atomic E-state index is 0.131. The van der Waals surface area contributed by atoms with Gasteiger partial charge in [-0.3, -0.25) is 4.79 Å². The molecule has 1 aliphatic heterocycles. The number of aryl methyl sites for hydroxylation is 2. The molecule has 1 aliphatic rings. The maximum absolute atomic E-state index is 12.6.